The molecular weight excluding hydrogens is 222 g/mol. The zero-order valence-electron chi connectivity index (χ0n) is 12.2. The van der Waals surface area contributed by atoms with Crippen LogP contribution in [0.4, 0.5) is 0 Å². The maximum absolute atomic E-state index is 9.27. The van der Waals surface area contributed by atoms with Gasteiger partial charge >= 0.3 is 0 Å². The largest absolute Gasteiger partial charge is 0.394 e. The van der Waals surface area contributed by atoms with Gasteiger partial charge in [-0.15, -0.1) is 0 Å². The molecule has 0 saturated carbocycles. The second-order valence-corrected chi connectivity index (χ2v) is 5.75. The van der Waals surface area contributed by atoms with Crippen molar-refractivity contribution in [2.45, 2.75) is 58.5 Å². The quantitative estimate of drug-likeness (QED) is 0.775. The van der Waals surface area contributed by atoms with Crippen molar-refractivity contribution in [2.24, 2.45) is 0 Å². The molecule has 1 aromatic rings. The Hall–Kier alpha value is -0.860. The van der Waals surface area contributed by atoms with Gasteiger partial charge < -0.3 is 10.4 Å². The van der Waals surface area contributed by atoms with Crippen LogP contribution in [0.2, 0.25) is 0 Å². The third-order valence-corrected chi connectivity index (χ3v) is 3.30. The van der Waals surface area contributed by atoms with E-state index in [2.05, 4.69) is 43.4 Å². The van der Waals surface area contributed by atoms with Crippen molar-refractivity contribution in [3.05, 3.63) is 35.4 Å². The average Bonchev–Trinajstić information content (AvgIpc) is 2.36. The van der Waals surface area contributed by atoms with E-state index in [4.69, 9.17) is 0 Å². The lowest BCUT2D eigenvalue weighted by Gasteiger charge is -2.28. The van der Waals surface area contributed by atoms with Crippen molar-refractivity contribution >= 4 is 0 Å². The Kier molecular flexibility index (Phi) is 5.83. The molecule has 2 heteroatoms. The first-order chi connectivity index (χ1) is 8.48. The van der Waals surface area contributed by atoms with Crippen LogP contribution in [-0.4, -0.2) is 17.3 Å². The van der Waals surface area contributed by atoms with E-state index in [1.54, 1.807) is 0 Å². The Bertz CT molecular complexity index is 343. The SMILES string of the molecule is CCCCc1ccc(C(C)NC(C)(C)CO)cc1. The molecule has 0 aliphatic heterocycles. The van der Waals surface area contributed by atoms with Crippen molar-refractivity contribution in [3.63, 3.8) is 0 Å². The van der Waals surface area contributed by atoms with E-state index < -0.39 is 0 Å². The molecule has 0 radical (unpaired) electrons. The lowest BCUT2D eigenvalue weighted by Crippen LogP contribution is -2.43. The summed E-state index contributed by atoms with van der Waals surface area (Å²) in [5, 5.41) is 12.7. The fraction of sp³-hybridized carbons (Fsp3) is 0.625. The van der Waals surface area contributed by atoms with Crippen molar-refractivity contribution in [1.82, 2.24) is 5.32 Å². The number of hydrogen-bond acceptors (Lipinski definition) is 2. The number of rotatable bonds is 7. The van der Waals surface area contributed by atoms with Crippen molar-refractivity contribution in [2.75, 3.05) is 6.61 Å². The Morgan fingerprint density at radius 3 is 2.33 bits per heavy atom. The second-order valence-electron chi connectivity index (χ2n) is 5.75. The topological polar surface area (TPSA) is 32.3 Å². The fourth-order valence-electron chi connectivity index (χ4n) is 2.07. The summed E-state index contributed by atoms with van der Waals surface area (Å²) in [4.78, 5) is 0. The molecule has 0 saturated heterocycles. The average molecular weight is 249 g/mol. The van der Waals surface area contributed by atoms with E-state index in [0.717, 1.165) is 0 Å². The first kappa shape index (κ1) is 15.2. The molecule has 1 aromatic carbocycles. The smallest absolute Gasteiger partial charge is 0.0608 e. The van der Waals surface area contributed by atoms with Gasteiger partial charge in [-0.05, 0) is 44.7 Å². The van der Waals surface area contributed by atoms with Crippen molar-refractivity contribution in [3.8, 4) is 0 Å². The minimum atomic E-state index is -0.236. The summed E-state index contributed by atoms with van der Waals surface area (Å²) < 4.78 is 0. The lowest BCUT2D eigenvalue weighted by molar-refractivity contribution is 0.178. The predicted octanol–water partition coefficient (Wildman–Crippen LogP) is 3.45. The van der Waals surface area contributed by atoms with Gasteiger partial charge in [0.25, 0.3) is 0 Å². The number of unbranched alkanes of at least 4 members (excludes halogenated alkanes) is 1. The molecule has 2 N–H and O–H groups in total. The summed E-state index contributed by atoms with van der Waals surface area (Å²) >= 11 is 0. The molecule has 1 rings (SSSR count). The van der Waals surface area contributed by atoms with Gasteiger partial charge in [0.15, 0.2) is 0 Å². The summed E-state index contributed by atoms with van der Waals surface area (Å²) in [7, 11) is 0. The van der Waals surface area contributed by atoms with Crippen LogP contribution >= 0.6 is 0 Å². The fourth-order valence-corrected chi connectivity index (χ4v) is 2.07. The first-order valence-electron chi connectivity index (χ1n) is 6.96. The molecule has 0 bridgehead atoms. The number of hydrogen-bond donors (Lipinski definition) is 2. The van der Waals surface area contributed by atoms with Gasteiger partial charge in [-0.3, -0.25) is 0 Å². The van der Waals surface area contributed by atoms with E-state index in [1.165, 1.54) is 30.4 Å². The Balaban J connectivity index is 2.61. The number of aliphatic hydroxyl groups is 1. The number of aryl methyl sites for hydroxylation is 1. The van der Waals surface area contributed by atoms with Gasteiger partial charge in [0.2, 0.25) is 0 Å². The van der Waals surface area contributed by atoms with Gasteiger partial charge in [0.1, 0.15) is 0 Å². The third kappa shape index (κ3) is 4.79. The van der Waals surface area contributed by atoms with Gasteiger partial charge in [0.05, 0.1) is 6.61 Å². The standard InChI is InChI=1S/C16H27NO/c1-5-6-7-14-8-10-15(11-9-14)13(2)17-16(3,4)12-18/h8-11,13,17-18H,5-7,12H2,1-4H3. The highest BCUT2D eigenvalue weighted by atomic mass is 16.3. The van der Waals surface area contributed by atoms with Crippen LogP contribution in [0.3, 0.4) is 0 Å². The molecule has 1 unspecified atom stereocenters. The Morgan fingerprint density at radius 2 is 1.83 bits per heavy atom. The summed E-state index contributed by atoms with van der Waals surface area (Å²) in [6.45, 7) is 8.53. The Labute approximate surface area is 111 Å². The number of aliphatic hydroxyl groups excluding tert-OH is 1. The Morgan fingerprint density at radius 1 is 1.22 bits per heavy atom. The summed E-state index contributed by atoms with van der Waals surface area (Å²) in [5.74, 6) is 0. The van der Waals surface area contributed by atoms with Crippen molar-refractivity contribution < 1.29 is 5.11 Å². The van der Waals surface area contributed by atoms with Crippen LogP contribution in [0.5, 0.6) is 0 Å². The van der Waals surface area contributed by atoms with E-state index in [0.29, 0.717) is 0 Å². The van der Waals surface area contributed by atoms with Crippen LogP contribution in [0.15, 0.2) is 24.3 Å². The third-order valence-electron chi connectivity index (χ3n) is 3.30. The monoisotopic (exact) mass is 249 g/mol. The van der Waals surface area contributed by atoms with Crippen LogP contribution in [-0.2, 0) is 6.42 Å². The normalized spacial score (nSPS) is 13.6. The highest BCUT2D eigenvalue weighted by molar-refractivity contribution is 5.25. The van der Waals surface area contributed by atoms with E-state index in [-0.39, 0.29) is 18.2 Å². The molecule has 0 amide bonds. The van der Waals surface area contributed by atoms with E-state index >= 15 is 0 Å². The van der Waals surface area contributed by atoms with Gasteiger partial charge in [0, 0.05) is 11.6 Å². The molecule has 102 valence electrons. The van der Waals surface area contributed by atoms with E-state index in [1.807, 2.05) is 13.8 Å². The molecule has 0 aliphatic rings. The molecule has 18 heavy (non-hydrogen) atoms. The second kappa shape index (κ2) is 6.91. The van der Waals surface area contributed by atoms with Crippen LogP contribution in [0, 0.1) is 0 Å². The van der Waals surface area contributed by atoms with Crippen LogP contribution in [0.1, 0.15) is 57.7 Å². The number of nitrogens with one attached hydrogen (secondary N) is 1. The molecule has 1 atom stereocenters. The summed E-state index contributed by atoms with van der Waals surface area (Å²) in [5.41, 5.74) is 2.45. The molecule has 0 aromatic heterocycles. The van der Waals surface area contributed by atoms with E-state index in [9.17, 15) is 5.11 Å². The highest BCUT2D eigenvalue weighted by Gasteiger charge is 2.19. The zero-order chi connectivity index (χ0) is 13.6. The predicted molar refractivity (Wildman–Crippen MR) is 77.8 cm³/mol. The molecule has 0 fully saturated rings. The van der Waals surface area contributed by atoms with Crippen LogP contribution in [0.25, 0.3) is 0 Å². The summed E-state index contributed by atoms with van der Waals surface area (Å²) in [6.07, 6.45) is 3.66. The van der Waals surface area contributed by atoms with Gasteiger partial charge in [-0.1, -0.05) is 37.6 Å². The molecule has 0 heterocycles. The summed E-state index contributed by atoms with van der Waals surface area (Å²) in [6, 6.07) is 9.07. The van der Waals surface area contributed by atoms with Gasteiger partial charge in [-0.25, -0.2) is 0 Å². The van der Waals surface area contributed by atoms with Crippen LogP contribution < -0.4 is 5.32 Å². The first-order valence-corrected chi connectivity index (χ1v) is 6.96. The molecular formula is C16H27NO. The van der Waals surface area contributed by atoms with Gasteiger partial charge in [-0.2, -0.15) is 0 Å². The highest BCUT2D eigenvalue weighted by Crippen LogP contribution is 2.17. The molecule has 0 aliphatic carbocycles. The number of benzene rings is 1. The van der Waals surface area contributed by atoms with Crippen molar-refractivity contribution in [1.29, 1.82) is 0 Å². The molecule has 2 nitrogen and oxygen atoms in total. The lowest BCUT2D eigenvalue weighted by atomic mass is 10.00. The minimum Gasteiger partial charge on any atom is -0.394 e. The maximum atomic E-state index is 9.27. The zero-order valence-corrected chi connectivity index (χ0v) is 12.2. The maximum Gasteiger partial charge on any atom is 0.0608 e. The minimum absolute atomic E-state index is 0.145. The molecule has 0 spiro atoms.